The molecule has 1 unspecified atom stereocenters. The first-order valence-electron chi connectivity index (χ1n) is 6.40. The molecule has 1 saturated carbocycles. The first kappa shape index (κ1) is 12.3. The van der Waals surface area contributed by atoms with Gasteiger partial charge in [0.2, 0.25) is 10.0 Å². The van der Waals surface area contributed by atoms with E-state index < -0.39 is 10.0 Å². The maximum atomic E-state index is 11.9. The second-order valence-electron chi connectivity index (χ2n) is 4.95. The molecule has 1 heterocycles. The molecule has 0 radical (unpaired) electrons. The summed E-state index contributed by atoms with van der Waals surface area (Å²) in [6, 6.07) is 0.338. The van der Waals surface area contributed by atoms with Gasteiger partial charge >= 0.3 is 0 Å². The molecule has 0 aromatic heterocycles. The Morgan fingerprint density at radius 3 is 2.38 bits per heavy atom. The summed E-state index contributed by atoms with van der Waals surface area (Å²) in [6.07, 6.45) is 7.32. The molecule has 0 aromatic carbocycles. The Morgan fingerprint density at radius 1 is 1.06 bits per heavy atom. The molecule has 1 aliphatic carbocycles. The molecule has 0 spiro atoms. The fraction of sp³-hybridized carbons (Fsp3) is 1.00. The van der Waals surface area contributed by atoms with E-state index in [1.807, 2.05) is 0 Å². The fourth-order valence-electron chi connectivity index (χ4n) is 2.63. The lowest BCUT2D eigenvalue weighted by molar-refractivity contribution is 0.397. The molecule has 2 fully saturated rings. The highest BCUT2D eigenvalue weighted by molar-refractivity contribution is 7.90. The monoisotopic (exact) mass is 246 g/mol. The van der Waals surface area contributed by atoms with Gasteiger partial charge in [0.1, 0.15) is 0 Å². The molecule has 5 heteroatoms. The van der Waals surface area contributed by atoms with Crippen LogP contribution < -0.4 is 10.0 Å². The molecule has 16 heavy (non-hydrogen) atoms. The minimum Gasteiger partial charge on any atom is -0.313 e. The van der Waals surface area contributed by atoms with Crippen molar-refractivity contribution in [3.05, 3.63) is 0 Å². The van der Waals surface area contributed by atoms with Crippen LogP contribution in [0.2, 0.25) is 0 Å². The van der Waals surface area contributed by atoms with Crippen LogP contribution in [0.1, 0.15) is 44.9 Å². The minimum atomic E-state index is -3.05. The molecular weight excluding hydrogens is 224 g/mol. The lowest BCUT2D eigenvalue weighted by atomic mass is 10.1. The summed E-state index contributed by atoms with van der Waals surface area (Å²) in [4.78, 5) is 0. The van der Waals surface area contributed by atoms with Gasteiger partial charge in [0.05, 0.1) is 5.25 Å². The van der Waals surface area contributed by atoms with Crippen molar-refractivity contribution >= 4 is 10.0 Å². The third-order valence-electron chi connectivity index (χ3n) is 3.68. The van der Waals surface area contributed by atoms with Crippen molar-refractivity contribution in [2.75, 3.05) is 13.1 Å². The van der Waals surface area contributed by atoms with Crippen molar-refractivity contribution in [3.63, 3.8) is 0 Å². The van der Waals surface area contributed by atoms with Crippen molar-refractivity contribution in [2.24, 2.45) is 0 Å². The van der Waals surface area contributed by atoms with Gasteiger partial charge in [-0.3, -0.25) is 0 Å². The highest BCUT2D eigenvalue weighted by Gasteiger charge is 2.28. The molecule has 0 amide bonds. The predicted molar refractivity (Wildman–Crippen MR) is 64.8 cm³/mol. The highest BCUT2D eigenvalue weighted by atomic mass is 32.2. The molecule has 4 nitrogen and oxygen atoms in total. The van der Waals surface area contributed by atoms with Crippen molar-refractivity contribution in [3.8, 4) is 0 Å². The van der Waals surface area contributed by atoms with E-state index in [9.17, 15) is 8.42 Å². The summed E-state index contributed by atoms with van der Waals surface area (Å²) in [5, 5.41) is 3.23. The van der Waals surface area contributed by atoms with Gasteiger partial charge in [0.15, 0.2) is 0 Å². The van der Waals surface area contributed by atoms with E-state index in [-0.39, 0.29) is 5.25 Å². The van der Waals surface area contributed by atoms with Gasteiger partial charge < -0.3 is 5.32 Å². The van der Waals surface area contributed by atoms with Crippen LogP contribution in [0.4, 0.5) is 0 Å². The van der Waals surface area contributed by atoms with Crippen LogP contribution in [0.3, 0.4) is 0 Å². The molecule has 1 aliphatic heterocycles. The largest absolute Gasteiger partial charge is 0.313 e. The lowest BCUT2D eigenvalue weighted by Gasteiger charge is -2.24. The predicted octanol–water partition coefficient (Wildman–Crippen LogP) is 0.990. The van der Waals surface area contributed by atoms with Crippen LogP contribution in [0.25, 0.3) is 0 Å². The topological polar surface area (TPSA) is 58.2 Å². The summed E-state index contributed by atoms with van der Waals surface area (Å²) >= 11 is 0. The highest BCUT2D eigenvalue weighted by Crippen LogP contribution is 2.23. The first-order valence-corrected chi connectivity index (χ1v) is 7.95. The van der Waals surface area contributed by atoms with Crippen LogP contribution in [-0.2, 0) is 10.0 Å². The van der Waals surface area contributed by atoms with E-state index in [1.54, 1.807) is 0 Å². The zero-order valence-corrected chi connectivity index (χ0v) is 10.6. The lowest BCUT2D eigenvalue weighted by Crippen LogP contribution is -2.45. The van der Waals surface area contributed by atoms with Crippen LogP contribution in [0, 0.1) is 0 Å². The van der Waals surface area contributed by atoms with Gasteiger partial charge in [-0.15, -0.1) is 0 Å². The Balaban J connectivity index is 1.79. The number of nitrogens with one attached hydrogen (secondary N) is 2. The number of hydrogen-bond donors (Lipinski definition) is 2. The Bertz CT molecular complexity index is 304. The van der Waals surface area contributed by atoms with Crippen LogP contribution >= 0.6 is 0 Å². The third kappa shape index (κ3) is 3.18. The zero-order valence-electron chi connectivity index (χ0n) is 9.74. The molecule has 1 atom stereocenters. The minimum absolute atomic E-state index is 0.129. The van der Waals surface area contributed by atoms with Crippen molar-refractivity contribution in [1.82, 2.24) is 10.0 Å². The van der Waals surface area contributed by atoms with E-state index >= 15 is 0 Å². The SMILES string of the molecule is O=S(=O)(NCC1CCCCN1)C1CCCC1. The summed E-state index contributed by atoms with van der Waals surface area (Å²) in [6.45, 7) is 1.59. The number of piperidine rings is 1. The molecule has 0 aromatic rings. The normalized spacial score (nSPS) is 28.4. The quantitative estimate of drug-likeness (QED) is 0.778. The van der Waals surface area contributed by atoms with Crippen molar-refractivity contribution in [1.29, 1.82) is 0 Å². The number of hydrogen-bond acceptors (Lipinski definition) is 3. The fourth-order valence-corrected chi connectivity index (χ4v) is 4.25. The molecule has 1 saturated heterocycles. The van der Waals surface area contributed by atoms with E-state index in [0.717, 1.165) is 38.6 Å². The van der Waals surface area contributed by atoms with E-state index in [0.29, 0.717) is 12.6 Å². The first-order chi connectivity index (χ1) is 7.68. The van der Waals surface area contributed by atoms with Gasteiger partial charge in [-0.2, -0.15) is 0 Å². The van der Waals surface area contributed by atoms with Gasteiger partial charge in [-0.1, -0.05) is 19.3 Å². The van der Waals surface area contributed by atoms with Crippen molar-refractivity contribution in [2.45, 2.75) is 56.2 Å². The summed E-state index contributed by atoms with van der Waals surface area (Å²) in [5.41, 5.74) is 0. The molecular formula is C11H22N2O2S. The van der Waals surface area contributed by atoms with Gasteiger partial charge in [-0.05, 0) is 32.2 Å². The Kier molecular flexibility index (Phi) is 4.21. The average Bonchev–Trinajstić information content (AvgIpc) is 2.82. The second-order valence-corrected chi connectivity index (χ2v) is 6.99. The Hall–Kier alpha value is -0.130. The van der Waals surface area contributed by atoms with E-state index in [2.05, 4.69) is 10.0 Å². The number of rotatable bonds is 4. The maximum absolute atomic E-state index is 11.9. The molecule has 2 aliphatic rings. The van der Waals surface area contributed by atoms with Gasteiger partial charge in [0, 0.05) is 12.6 Å². The Morgan fingerprint density at radius 2 is 1.75 bits per heavy atom. The van der Waals surface area contributed by atoms with Crippen LogP contribution in [0.5, 0.6) is 0 Å². The molecule has 94 valence electrons. The van der Waals surface area contributed by atoms with Gasteiger partial charge in [0.25, 0.3) is 0 Å². The molecule has 0 bridgehead atoms. The van der Waals surface area contributed by atoms with E-state index in [1.165, 1.54) is 12.8 Å². The van der Waals surface area contributed by atoms with E-state index in [4.69, 9.17) is 0 Å². The molecule has 2 N–H and O–H groups in total. The summed E-state index contributed by atoms with van der Waals surface area (Å²) in [7, 11) is -3.05. The summed E-state index contributed by atoms with van der Waals surface area (Å²) < 4.78 is 26.7. The third-order valence-corrected chi connectivity index (χ3v) is 5.60. The van der Waals surface area contributed by atoms with Crippen LogP contribution in [0.15, 0.2) is 0 Å². The van der Waals surface area contributed by atoms with Crippen molar-refractivity contribution < 1.29 is 8.42 Å². The maximum Gasteiger partial charge on any atom is 0.214 e. The second kappa shape index (κ2) is 5.47. The average molecular weight is 246 g/mol. The zero-order chi connectivity index (χ0) is 11.4. The van der Waals surface area contributed by atoms with Gasteiger partial charge in [-0.25, -0.2) is 13.1 Å². The smallest absolute Gasteiger partial charge is 0.214 e. The van der Waals surface area contributed by atoms with Crippen LogP contribution in [-0.4, -0.2) is 32.8 Å². The molecule has 2 rings (SSSR count). The number of sulfonamides is 1. The Labute approximate surface area is 98.2 Å². The standard InChI is InChI=1S/C11H22N2O2S/c14-16(15,11-6-1-2-7-11)13-9-10-5-3-4-8-12-10/h10-13H,1-9H2. The summed E-state index contributed by atoms with van der Waals surface area (Å²) in [5.74, 6) is 0.